The third kappa shape index (κ3) is 4.43. The zero-order valence-corrected chi connectivity index (χ0v) is 12.4. The van der Waals surface area contributed by atoms with Crippen LogP contribution in [0.3, 0.4) is 0 Å². The van der Waals surface area contributed by atoms with Crippen molar-refractivity contribution in [1.82, 2.24) is 5.32 Å². The van der Waals surface area contributed by atoms with Gasteiger partial charge in [0.2, 0.25) is 5.91 Å². The lowest BCUT2D eigenvalue weighted by molar-refractivity contribution is -0.120. The molecule has 0 heterocycles. The Labute approximate surface area is 126 Å². The quantitative estimate of drug-likeness (QED) is 0.855. The molecule has 21 heavy (non-hydrogen) atoms. The number of benzene rings is 2. The Hall–Kier alpha value is -2.13. The molecule has 1 amide bonds. The van der Waals surface area contributed by atoms with Gasteiger partial charge in [-0.3, -0.25) is 4.79 Å². The first-order chi connectivity index (χ1) is 10.2. The second-order valence-electron chi connectivity index (χ2n) is 5.27. The predicted molar refractivity (Wildman–Crippen MR) is 85.9 cm³/mol. The maximum absolute atomic E-state index is 12.1. The van der Waals surface area contributed by atoms with Gasteiger partial charge in [0.15, 0.2) is 0 Å². The summed E-state index contributed by atoms with van der Waals surface area (Å²) in [5.74, 6) is 0.346. The van der Waals surface area contributed by atoms with Crippen molar-refractivity contribution < 1.29 is 4.79 Å². The van der Waals surface area contributed by atoms with Crippen LogP contribution in [0.1, 0.15) is 29.5 Å². The van der Waals surface area contributed by atoms with Gasteiger partial charge in [-0.25, -0.2) is 0 Å². The van der Waals surface area contributed by atoms with Gasteiger partial charge in [-0.2, -0.15) is 0 Å². The van der Waals surface area contributed by atoms with Crippen LogP contribution in [0.2, 0.25) is 0 Å². The molecule has 110 valence electrons. The van der Waals surface area contributed by atoms with Gasteiger partial charge in [0.1, 0.15) is 0 Å². The number of hydrogen-bond acceptors (Lipinski definition) is 2. The lowest BCUT2D eigenvalue weighted by Gasteiger charge is -2.14. The number of amides is 1. The van der Waals surface area contributed by atoms with E-state index in [1.165, 1.54) is 5.56 Å². The van der Waals surface area contributed by atoms with Crippen LogP contribution in [0.5, 0.6) is 0 Å². The Morgan fingerprint density at radius 1 is 1.05 bits per heavy atom. The number of nitrogens with one attached hydrogen (secondary N) is 1. The van der Waals surface area contributed by atoms with Gasteiger partial charge in [-0.15, -0.1) is 0 Å². The molecule has 0 aliphatic rings. The second-order valence-corrected chi connectivity index (χ2v) is 5.27. The minimum absolute atomic E-state index is 0.0404. The molecule has 0 aromatic heterocycles. The van der Waals surface area contributed by atoms with Gasteiger partial charge >= 0.3 is 0 Å². The minimum Gasteiger partial charge on any atom is -0.355 e. The zero-order valence-electron chi connectivity index (χ0n) is 12.4. The number of hydrogen-bond donors (Lipinski definition) is 2. The third-order valence-corrected chi connectivity index (χ3v) is 3.66. The van der Waals surface area contributed by atoms with Gasteiger partial charge in [-0.05, 0) is 22.6 Å². The van der Waals surface area contributed by atoms with Crippen LogP contribution in [0.4, 0.5) is 0 Å². The number of carbonyl (C=O) groups is 1. The van der Waals surface area contributed by atoms with E-state index in [9.17, 15) is 4.79 Å². The SMILES string of the molecule is CC(CNC(=O)Cc1ccccc1CN)c1ccccc1. The highest BCUT2D eigenvalue weighted by Crippen LogP contribution is 2.13. The van der Waals surface area contributed by atoms with Crippen LogP contribution < -0.4 is 11.1 Å². The molecular weight excluding hydrogens is 260 g/mol. The van der Waals surface area contributed by atoms with Crippen LogP contribution >= 0.6 is 0 Å². The molecule has 0 radical (unpaired) electrons. The molecule has 2 aromatic carbocycles. The van der Waals surface area contributed by atoms with Gasteiger partial charge in [0.05, 0.1) is 6.42 Å². The van der Waals surface area contributed by atoms with E-state index in [2.05, 4.69) is 24.4 Å². The first-order valence-electron chi connectivity index (χ1n) is 7.29. The molecule has 0 spiro atoms. The topological polar surface area (TPSA) is 55.1 Å². The Morgan fingerprint density at radius 3 is 2.33 bits per heavy atom. The number of carbonyl (C=O) groups excluding carboxylic acids is 1. The van der Waals surface area contributed by atoms with E-state index in [1.54, 1.807) is 0 Å². The summed E-state index contributed by atoms with van der Waals surface area (Å²) in [5, 5.41) is 3.00. The summed E-state index contributed by atoms with van der Waals surface area (Å²) < 4.78 is 0. The largest absolute Gasteiger partial charge is 0.355 e. The minimum atomic E-state index is 0.0404. The van der Waals surface area contributed by atoms with E-state index in [1.807, 2.05) is 42.5 Å². The van der Waals surface area contributed by atoms with Gasteiger partial charge in [0, 0.05) is 13.1 Å². The monoisotopic (exact) mass is 282 g/mol. The summed E-state index contributed by atoms with van der Waals surface area (Å²) in [4.78, 5) is 12.1. The fraction of sp³-hybridized carbons (Fsp3) is 0.278. The third-order valence-electron chi connectivity index (χ3n) is 3.66. The van der Waals surface area contributed by atoms with Crippen molar-refractivity contribution in [1.29, 1.82) is 0 Å². The van der Waals surface area contributed by atoms with Gasteiger partial charge in [-0.1, -0.05) is 61.5 Å². The number of rotatable bonds is 6. The predicted octanol–water partition coefficient (Wildman–Crippen LogP) is 2.61. The first kappa shape index (κ1) is 15.3. The fourth-order valence-electron chi connectivity index (χ4n) is 2.33. The van der Waals surface area contributed by atoms with Crippen molar-refractivity contribution in [2.45, 2.75) is 25.8 Å². The maximum atomic E-state index is 12.1. The van der Waals surface area contributed by atoms with Crippen molar-refractivity contribution in [2.24, 2.45) is 5.73 Å². The molecule has 0 bridgehead atoms. The second kappa shape index (κ2) is 7.60. The highest BCUT2D eigenvalue weighted by molar-refractivity contribution is 5.79. The summed E-state index contributed by atoms with van der Waals surface area (Å²) in [6.45, 7) is 3.22. The normalized spacial score (nSPS) is 11.9. The summed E-state index contributed by atoms with van der Waals surface area (Å²) >= 11 is 0. The van der Waals surface area contributed by atoms with Crippen molar-refractivity contribution in [3.05, 3.63) is 71.3 Å². The lowest BCUT2D eigenvalue weighted by atomic mass is 10.0. The molecule has 3 N–H and O–H groups in total. The standard InChI is InChI=1S/C18H22N2O/c1-14(15-7-3-2-4-8-15)13-20-18(21)11-16-9-5-6-10-17(16)12-19/h2-10,14H,11-13,19H2,1H3,(H,20,21). The van der Waals surface area contributed by atoms with Gasteiger partial charge in [0.25, 0.3) is 0 Å². The first-order valence-corrected chi connectivity index (χ1v) is 7.29. The summed E-state index contributed by atoms with van der Waals surface area (Å²) in [6, 6.07) is 18.0. The summed E-state index contributed by atoms with van der Waals surface area (Å²) in [7, 11) is 0. The fourth-order valence-corrected chi connectivity index (χ4v) is 2.33. The molecule has 0 saturated carbocycles. The average molecular weight is 282 g/mol. The van der Waals surface area contributed by atoms with Crippen LogP contribution in [-0.2, 0) is 17.8 Å². The van der Waals surface area contributed by atoms with E-state index in [-0.39, 0.29) is 5.91 Å². The molecule has 1 atom stereocenters. The highest BCUT2D eigenvalue weighted by Gasteiger charge is 2.09. The molecule has 3 nitrogen and oxygen atoms in total. The molecule has 0 aliphatic carbocycles. The molecule has 0 fully saturated rings. The van der Waals surface area contributed by atoms with E-state index in [4.69, 9.17) is 5.73 Å². The molecular formula is C18H22N2O. The highest BCUT2D eigenvalue weighted by atomic mass is 16.1. The Bertz CT molecular complexity index is 581. The molecule has 2 rings (SSSR count). The van der Waals surface area contributed by atoms with Crippen molar-refractivity contribution in [3.63, 3.8) is 0 Å². The smallest absolute Gasteiger partial charge is 0.224 e. The summed E-state index contributed by atoms with van der Waals surface area (Å²) in [5.41, 5.74) is 8.96. The Balaban J connectivity index is 1.88. The van der Waals surface area contributed by atoms with Crippen LogP contribution in [-0.4, -0.2) is 12.5 Å². The number of nitrogens with two attached hydrogens (primary N) is 1. The van der Waals surface area contributed by atoms with Crippen molar-refractivity contribution >= 4 is 5.91 Å². The Kier molecular flexibility index (Phi) is 5.52. The van der Waals surface area contributed by atoms with E-state index in [0.717, 1.165) is 11.1 Å². The van der Waals surface area contributed by atoms with E-state index >= 15 is 0 Å². The molecule has 1 unspecified atom stereocenters. The van der Waals surface area contributed by atoms with Crippen LogP contribution in [0.15, 0.2) is 54.6 Å². The average Bonchev–Trinajstić information content (AvgIpc) is 2.54. The van der Waals surface area contributed by atoms with Crippen molar-refractivity contribution in [3.8, 4) is 0 Å². The summed E-state index contributed by atoms with van der Waals surface area (Å²) in [6.07, 6.45) is 0.384. The molecule has 0 aliphatic heterocycles. The Morgan fingerprint density at radius 2 is 1.67 bits per heavy atom. The molecule has 2 aromatic rings. The van der Waals surface area contributed by atoms with Gasteiger partial charge < -0.3 is 11.1 Å². The van der Waals surface area contributed by atoms with E-state index in [0.29, 0.717) is 25.4 Å². The van der Waals surface area contributed by atoms with Crippen LogP contribution in [0.25, 0.3) is 0 Å². The molecule has 0 saturated heterocycles. The van der Waals surface area contributed by atoms with E-state index < -0.39 is 0 Å². The van der Waals surface area contributed by atoms with Crippen LogP contribution in [0, 0.1) is 0 Å². The maximum Gasteiger partial charge on any atom is 0.224 e. The molecule has 3 heteroatoms. The van der Waals surface area contributed by atoms with Crippen molar-refractivity contribution in [2.75, 3.05) is 6.54 Å². The zero-order chi connectivity index (χ0) is 15.1. The lowest BCUT2D eigenvalue weighted by Crippen LogP contribution is -2.29.